The zero-order valence-corrected chi connectivity index (χ0v) is 11.2. The highest BCUT2D eigenvalue weighted by Crippen LogP contribution is 2.12. The number of aryl methyl sites for hydroxylation is 1. The zero-order valence-electron chi connectivity index (χ0n) is 8.81. The number of rotatable bonds is 2. The fraction of sp³-hybridized carbons (Fsp3) is 0.100. The van der Waals surface area contributed by atoms with E-state index in [1.54, 1.807) is 30.2 Å². The van der Waals surface area contributed by atoms with E-state index < -0.39 is 0 Å². The van der Waals surface area contributed by atoms with E-state index in [2.05, 4.69) is 26.2 Å². The van der Waals surface area contributed by atoms with Crippen LogP contribution in [-0.4, -0.2) is 15.5 Å². The molecule has 0 bridgehead atoms. The number of aromatic nitrogens is 2. The molecule has 0 saturated carbocycles. The molecular weight excluding hydrogens is 306 g/mol. The number of nitrogens with one attached hydrogen (secondary N) is 1. The molecule has 0 saturated heterocycles. The predicted molar refractivity (Wildman–Crippen MR) is 69.5 cm³/mol. The van der Waals surface area contributed by atoms with E-state index in [4.69, 9.17) is 0 Å². The molecule has 0 aliphatic heterocycles. The van der Waals surface area contributed by atoms with Crippen molar-refractivity contribution in [3.05, 3.63) is 43.7 Å². The van der Waals surface area contributed by atoms with Gasteiger partial charge in [0, 0.05) is 23.1 Å². The number of amides is 1. The van der Waals surface area contributed by atoms with E-state index in [-0.39, 0.29) is 17.2 Å². The second kappa shape index (κ2) is 4.80. The lowest BCUT2D eigenvalue weighted by atomic mass is 10.3. The van der Waals surface area contributed by atoms with Crippen molar-refractivity contribution in [1.82, 2.24) is 9.55 Å². The average molecular weight is 314 g/mol. The van der Waals surface area contributed by atoms with E-state index in [9.17, 15) is 9.59 Å². The first-order valence-electron chi connectivity index (χ1n) is 4.63. The Morgan fingerprint density at radius 2 is 2.35 bits per heavy atom. The summed E-state index contributed by atoms with van der Waals surface area (Å²) in [7, 11) is 1.62. The Balaban J connectivity index is 2.31. The van der Waals surface area contributed by atoms with Crippen LogP contribution in [0, 0.1) is 0 Å². The lowest BCUT2D eigenvalue weighted by Crippen LogP contribution is -2.24. The summed E-state index contributed by atoms with van der Waals surface area (Å²) in [6.07, 6.45) is 1.63. The van der Waals surface area contributed by atoms with Crippen LogP contribution >= 0.6 is 27.3 Å². The van der Waals surface area contributed by atoms with Crippen LogP contribution in [0.1, 0.15) is 10.5 Å². The molecule has 2 aromatic heterocycles. The number of halogens is 1. The molecule has 88 valence electrons. The molecule has 0 radical (unpaired) electrons. The van der Waals surface area contributed by atoms with Crippen LogP contribution in [-0.2, 0) is 7.05 Å². The number of anilines is 1. The molecule has 0 spiro atoms. The summed E-state index contributed by atoms with van der Waals surface area (Å²) in [5.74, 6) is -0.388. The summed E-state index contributed by atoms with van der Waals surface area (Å²) in [6, 6.07) is 1.56. The molecule has 1 N–H and O–H groups in total. The highest BCUT2D eigenvalue weighted by Gasteiger charge is 2.11. The zero-order chi connectivity index (χ0) is 12.4. The second-order valence-corrected chi connectivity index (χ2v) is 4.95. The van der Waals surface area contributed by atoms with Gasteiger partial charge in [0.05, 0.1) is 5.51 Å². The maximum absolute atomic E-state index is 11.7. The fourth-order valence-corrected chi connectivity index (χ4v) is 2.34. The van der Waals surface area contributed by atoms with Gasteiger partial charge in [0.15, 0.2) is 0 Å². The first kappa shape index (κ1) is 12.0. The predicted octanol–water partition coefficient (Wildman–Crippen LogP) is 1.86. The molecule has 7 heteroatoms. The third-order valence-corrected chi connectivity index (χ3v) is 3.08. The molecule has 0 atom stereocenters. The van der Waals surface area contributed by atoms with Crippen molar-refractivity contribution < 1.29 is 4.79 Å². The van der Waals surface area contributed by atoms with Crippen molar-refractivity contribution in [2.45, 2.75) is 0 Å². The van der Waals surface area contributed by atoms with Gasteiger partial charge in [-0.25, -0.2) is 4.98 Å². The van der Waals surface area contributed by atoms with Gasteiger partial charge in [0.25, 0.3) is 11.5 Å². The minimum absolute atomic E-state index is 0.222. The molecule has 0 aliphatic rings. The van der Waals surface area contributed by atoms with Gasteiger partial charge < -0.3 is 9.88 Å². The minimum Gasteiger partial charge on any atom is -0.316 e. The lowest BCUT2D eigenvalue weighted by molar-refractivity contribution is 0.102. The smallest absolute Gasteiger partial charge is 0.275 e. The Labute approximate surface area is 109 Å². The molecule has 2 heterocycles. The quantitative estimate of drug-likeness (QED) is 0.920. The first-order chi connectivity index (χ1) is 8.08. The van der Waals surface area contributed by atoms with Crippen LogP contribution in [0.2, 0.25) is 0 Å². The molecule has 5 nitrogen and oxygen atoms in total. The van der Waals surface area contributed by atoms with Gasteiger partial charge in [-0.1, -0.05) is 0 Å². The molecule has 2 aromatic rings. The molecule has 17 heavy (non-hydrogen) atoms. The van der Waals surface area contributed by atoms with E-state index in [0.29, 0.717) is 10.2 Å². The van der Waals surface area contributed by atoms with E-state index in [1.165, 1.54) is 15.9 Å². The van der Waals surface area contributed by atoms with E-state index in [0.717, 1.165) is 0 Å². The third kappa shape index (κ3) is 2.62. The van der Waals surface area contributed by atoms with Crippen LogP contribution in [0.4, 0.5) is 5.69 Å². The van der Waals surface area contributed by atoms with Crippen molar-refractivity contribution >= 4 is 38.9 Å². The summed E-state index contributed by atoms with van der Waals surface area (Å²) in [4.78, 5) is 27.3. The Kier molecular flexibility index (Phi) is 3.39. The summed E-state index contributed by atoms with van der Waals surface area (Å²) in [6.45, 7) is 0. The monoisotopic (exact) mass is 313 g/mol. The van der Waals surface area contributed by atoms with Gasteiger partial charge in [-0.3, -0.25) is 9.59 Å². The highest BCUT2D eigenvalue weighted by atomic mass is 79.9. The molecule has 0 aliphatic carbocycles. The van der Waals surface area contributed by atoms with Gasteiger partial charge in [0.2, 0.25) is 0 Å². The Bertz CT molecular complexity index is 607. The normalized spacial score (nSPS) is 10.2. The summed E-state index contributed by atoms with van der Waals surface area (Å²) < 4.78 is 2.11. The minimum atomic E-state index is -0.388. The molecule has 2 rings (SSSR count). The van der Waals surface area contributed by atoms with Gasteiger partial charge in [-0.2, -0.15) is 0 Å². The van der Waals surface area contributed by atoms with Gasteiger partial charge in [0.1, 0.15) is 11.4 Å². The number of nitrogens with zero attached hydrogens (tertiary/aromatic N) is 2. The molecule has 1 amide bonds. The summed E-state index contributed by atoms with van der Waals surface area (Å²) >= 11 is 4.59. The van der Waals surface area contributed by atoms with E-state index in [1.807, 2.05) is 0 Å². The van der Waals surface area contributed by atoms with Crippen molar-refractivity contribution in [3.63, 3.8) is 0 Å². The van der Waals surface area contributed by atoms with Crippen molar-refractivity contribution in [3.8, 4) is 0 Å². The molecular formula is C10H8BrN3O2S. The van der Waals surface area contributed by atoms with E-state index >= 15 is 0 Å². The lowest BCUT2D eigenvalue weighted by Gasteiger charge is -2.05. The number of thiazole rings is 1. The fourth-order valence-electron chi connectivity index (χ4n) is 1.27. The average Bonchev–Trinajstić information content (AvgIpc) is 2.78. The molecule has 0 aromatic carbocycles. The molecule has 0 fully saturated rings. The molecule has 0 unspecified atom stereocenters. The standard InChI is InChI=1S/C10H8BrN3O2S/c1-14-3-6(11)2-7(10(14)16)13-9(15)8-4-17-5-12-8/h2-5H,1H3,(H,13,15). The number of carbonyl (C=O) groups is 1. The van der Waals surface area contributed by atoms with Crippen LogP contribution in [0.15, 0.2) is 32.4 Å². The number of hydrogen-bond donors (Lipinski definition) is 1. The Hall–Kier alpha value is -1.47. The summed E-state index contributed by atoms with van der Waals surface area (Å²) in [5, 5.41) is 4.16. The maximum Gasteiger partial charge on any atom is 0.275 e. The van der Waals surface area contributed by atoms with Gasteiger partial charge in [-0.05, 0) is 22.0 Å². The maximum atomic E-state index is 11.7. The summed E-state index contributed by atoms with van der Waals surface area (Å²) in [5.41, 5.74) is 1.82. The van der Waals surface area contributed by atoms with Gasteiger partial charge in [-0.15, -0.1) is 11.3 Å². The SMILES string of the molecule is Cn1cc(Br)cc(NC(=O)c2cscn2)c1=O. The second-order valence-electron chi connectivity index (χ2n) is 3.32. The number of hydrogen-bond acceptors (Lipinski definition) is 4. The topological polar surface area (TPSA) is 64.0 Å². The Morgan fingerprint density at radius 3 is 3.00 bits per heavy atom. The first-order valence-corrected chi connectivity index (χ1v) is 6.37. The highest BCUT2D eigenvalue weighted by molar-refractivity contribution is 9.10. The van der Waals surface area contributed by atoms with Crippen molar-refractivity contribution in [2.75, 3.05) is 5.32 Å². The van der Waals surface area contributed by atoms with Crippen LogP contribution in [0.25, 0.3) is 0 Å². The third-order valence-electron chi connectivity index (χ3n) is 2.06. The van der Waals surface area contributed by atoms with Gasteiger partial charge >= 0.3 is 0 Å². The Morgan fingerprint density at radius 1 is 1.59 bits per heavy atom. The van der Waals surface area contributed by atoms with Crippen molar-refractivity contribution in [1.29, 1.82) is 0 Å². The van der Waals surface area contributed by atoms with Crippen molar-refractivity contribution in [2.24, 2.45) is 7.05 Å². The number of pyridine rings is 1. The largest absolute Gasteiger partial charge is 0.316 e. The van der Waals surface area contributed by atoms with Crippen LogP contribution in [0.3, 0.4) is 0 Å². The van der Waals surface area contributed by atoms with Crippen LogP contribution < -0.4 is 10.9 Å². The van der Waals surface area contributed by atoms with Crippen LogP contribution in [0.5, 0.6) is 0 Å². The number of carbonyl (C=O) groups excluding carboxylic acids is 1.